The summed E-state index contributed by atoms with van der Waals surface area (Å²) in [6, 6.07) is 12.5. The topological polar surface area (TPSA) is 92.5 Å². The number of rotatable bonds is 8. The molecule has 1 amide bonds. The van der Waals surface area contributed by atoms with Crippen LogP contribution in [-0.2, 0) is 14.8 Å². The number of nitrogens with two attached hydrogens (primary N) is 1. The molecule has 0 aromatic heterocycles. The molecule has 0 radical (unpaired) electrons. The lowest BCUT2D eigenvalue weighted by Crippen LogP contribution is -2.40. The van der Waals surface area contributed by atoms with Crippen molar-refractivity contribution in [3.05, 3.63) is 42.5 Å². The number of nitrogens with one attached hydrogen (secondary N) is 1. The lowest BCUT2D eigenvalue weighted by molar-refractivity contribution is -0.130. The van der Waals surface area contributed by atoms with Crippen LogP contribution in [0.25, 0.3) is 10.8 Å². The zero-order valence-corrected chi connectivity index (χ0v) is 16.3. The Hall–Kier alpha value is -1.96. The van der Waals surface area contributed by atoms with Crippen LogP contribution in [0.2, 0.25) is 0 Å². The molecule has 142 valence electrons. The van der Waals surface area contributed by atoms with Gasteiger partial charge in [-0.25, -0.2) is 13.1 Å². The molecule has 7 heteroatoms. The molecule has 0 aliphatic rings. The molecule has 0 unspecified atom stereocenters. The first-order chi connectivity index (χ1) is 12.1. The van der Waals surface area contributed by atoms with Gasteiger partial charge in [0.25, 0.3) is 0 Å². The highest BCUT2D eigenvalue weighted by atomic mass is 32.2. The maximum Gasteiger partial charge on any atom is 0.240 e. The molecule has 0 atom stereocenters. The molecule has 2 aromatic carbocycles. The van der Waals surface area contributed by atoms with Gasteiger partial charge in [0.15, 0.2) is 0 Å². The molecule has 0 fully saturated rings. The van der Waals surface area contributed by atoms with E-state index in [2.05, 4.69) is 4.72 Å². The number of carbonyl (C=O) groups is 1. The van der Waals surface area contributed by atoms with Gasteiger partial charge in [0, 0.05) is 26.6 Å². The van der Waals surface area contributed by atoms with Gasteiger partial charge in [-0.2, -0.15) is 0 Å². The molecule has 0 aliphatic carbocycles. The minimum atomic E-state index is -3.65. The molecule has 2 aromatic rings. The second kappa shape index (κ2) is 8.16. The Kier molecular flexibility index (Phi) is 6.39. The lowest BCUT2D eigenvalue weighted by Gasteiger charge is -2.29. The van der Waals surface area contributed by atoms with Crippen LogP contribution in [0.4, 0.5) is 0 Å². The molecule has 6 nitrogen and oxygen atoms in total. The van der Waals surface area contributed by atoms with Crippen LogP contribution in [0.1, 0.15) is 20.3 Å². The number of amides is 1. The first-order valence-electron chi connectivity index (χ1n) is 8.57. The van der Waals surface area contributed by atoms with Gasteiger partial charge in [-0.3, -0.25) is 4.79 Å². The van der Waals surface area contributed by atoms with Gasteiger partial charge < -0.3 is 10.6 Å². The number of fused-ring (bicyclic) bond motifs is 1. The Morgan fingerprint density at radius 3 is 2.46 bits per heavy atom. The van der Waals surface area contributed by atoms with Crippen LogP contribution in [0.3, 0.4) is 0 Å². The summed E-state index contributed by atoms with van der Waals surface area (Å²) in [5.41, 5.74) is 5.51. The fraction of sp³-hybridized carbons (Fsp3) is 0.421. The van der Waals surface area contributed by atoms with Crippen molar-refractivity contribution in [2.75, 3.05) is 26.7 Å². The van der Waals surface area contributed by atoms with Gasteiger partial charge in [-0.05, 0) is 34.9 Å². The minimum absolute atomic E-state index is 0.0569. The molecule has 0 bridgehead atoms. The fourth-order valence-corrected chi connectivity index (χ4v) is 3.76. The van der Waals surface area contributed by atoms with Crippen LogP contribution in [-0.4, -0.2) is 45.9 Å². The maximum absolute atomic E-state index is 12.4. The van der Waals surface area contributed by atoms with E-state index in [4.69, 9.17) is 5.73 Å². The zero-order chi connectivity index (χ0) is 19.4. The van der Waals surface area contributed by atoms with Gasteiger partial charge in [0.1, 0.15) is 0 Å². The Morgan fingerprint density at radius 1 is 1.15 bits per heavy atom. The van der Waals surface area contributed by atoms with Crippen LogP contribution in [0.5, 0.6) is 0 Å². The predicted octanol–water partition coefficient (Wildman–Crippen LogP) is 1.95. The monoisotopic (exact) mass is 377 g/mol. The first-order valence-corrected chi connectivity index (χ1v) is 10.1. The van der Waals surface area contributed by atoms with E-state index in [1.807, 2.05) is 38.1 Å². The van der Waals surface area contributed by atoms with Gasteiger partial charge in [-0.15, -0.1) is 0 Å². The van der Waals surface area contributed by atoms with Crippen molar-refractivity contribution in [2.24, 2.45) is 11.1 Å². The van der Waals surface area contributed by atoms with Crippen molar-refractivity contribution in [1.82, 2.24) is 9.62 Å². The van der Waals surface area contributed by atoms with Crippen molar-refractivity contribution >= 4 is 26.7 Å². The minimum Gasteiger partial charge on any atom is -0.345 e. The zero-order valence-electron chi connectivity index (χ0n) is 15.5. The van der Waals surface area contributed by atoms with Crippen molar-refractivity contribution in [1.29, 1.82) is 0 Å². The summed E-state index contributed by atoms with van der Waals surface area (Å²) in [7, 11) is -1.95. The van der Waals surface area contributed by atoms with E-state index in [-0.39, 0.29) is 29.2 Å². The summed E-state index contributed by atoms with van der Waals surface area (Å²) >= 11 is 0. The van der Waals surface area contributed by atoms with E-state index < -0.39 is 10.0 Å². The number of carbonyl (C=O) groups excluding carboxylic acids is 1. The standard InChI is InChI=1S/C19H27N3O3S/c1-19(2,13-20)14-22(3)18(23)10-11-21-26(24,25)17-9-8-15-6-4-5-7-16(15)12-17/h4-9,12,21H,10-11,13-14,20H2,1-3H3. The molecule has 0 aliphatic heterocycles. The van der Waals surface area contributed by atoms with E-state index in [1.165, 1.54) is 0 Å². The van der Waals surface area contributed by atoms with Crippen molar-refractivity contribution in [3.8, 4) is 0 Å². The third-order valence-corrected chi connectivity index (χ3v) is 5.76. The highest BCUT2D eigenvalue weighted by Gasteiger charge is 2.21. The van der Waals surface area contributed by atoms with Gasteiger partial charge in [-0.1, -0.05) is 44.2 Å². The average molecular weight is 378 g/mol. The summed E-state index contributed by atoms with van der Waals surface area (Å²) in [5, 5.41) is 1.83. The Bertz CT molecular complexity index is 878. The number of hydrogen-bond donors (Lipinski definition) is 2. The number of benzene rings is 2. The lowest BCUT2D eigenvalue weighted by atomic mass is 9.93. The Labute approximate surface area is 155 Å². The SMILES string of the molecule is CN(CC(C)(C)CN)C(=O)CCNS(=O)(=O)c1ccc2ccccc2c1. The van der Waals surface area contributed by atoms with E-state index in [9.17, 15) is 13.2 Å². The van der Waals surface area contributed by atoms with Gasteiger partial charge in [0.05, 0.1) is 4.90 Å². The molecule has 0 saturated carbocycles. The highest BCUT2D eigenvalue weighted by Crippen LogP contribution is 2.19. The molecule has 0 saturated heterocycles. The molecule has 3 N–H and O–H groups in total. The predicted molar refractivity (Wildman–Crippen MR) is 104 cm³/mol. The smallest absolute Gasteiger partial charge is 0.240 e. The molecule has 0 spiro atoms. The van der Waals surface area contributed by atoms with Crippen LogP contribution in [0.15, 0.2) is 47.4 Å². The largest absolute Gasteiger partial charge is 0.345 e. The summed E-state index contributed by atoms with van der Waals surface area (Å²) in [6.45, 7) is 5.03. The molecule has 2 rings (SSSR count). The molecular formula is C19H27N3O3S. The first kappa shape index (κ1) is 20.4. The van der Waals surface area contributed by atoms with Gasteiger partial charge >= 0.3 is 0 Å². The van der Waals surface area contributed by atoms with Crippen LogP contribution >= 0.6 is 0 Å². The Balaban J connectivity index is 1.96. The normalized spacial score (nSPS) is 12.3. The highest BCUT2D eigenvalue weighted by molar-refractivity contribution is 7.89. The van der Waals surface area contributed by atoms with Crippen molar-refractivity contribution in [2.45, 2.75) is 25.2 Å². The maximum atomic E-state index is 12.4. The summed E-state index contributed by atoms with van der Waals surface area (Å²) in [5.74, 6) is -0.118. The molecular weight excluding hydrogens is 350 g/mol. The quantitative estimate of drug-likeness (QED) is 0.735. The summed E-state index contributed by atoms with van der Waals surface area (Å²) in [4.78, 5) is 14.0. The van der Waals surface area contributed by atoms with Crippen LogP contribution < -0.4 is 10.5 Å². The fourth-order valence-electron chi connectivity index (χ4n) is 2.70. The second-order valence-electron chi connectivity index (χ2n) is 7.27. The van der Waals surface area contributed by atoms with Crippen LogP contribution in [0, 0.1) is 5.41 Å². The Morgan fingerprint density at radius 2 is 1.81 bits per heavy atom. The van der Waals surface area contributed by atoms with E-state index in [1.54, 1.807) is 30.1 Å². The van der Waals surface area contributed by atoms with Crippen molar-refractivity contribution < 1.29 is 13.2 Å². The second-order valence-corrected chi connectivity index (χ2v) is 9.04. The summed E-state index contributed by atoms with van der Waals surface area (Å²) in [6.07, 6.45) is 0.101. The molecule has 26 heavy (non-hydrogen) atoms. The average Bonchev–Trinajstić information content (AvgIpc) is 2.60. The molecule has 0 heterocycles. The van der Waals surface area contributed by atoms with E-state index >= 15 is 0 Å². The third-order valence-electron chi connectivity index (χ3n) is 4.31. The van der Waals surface area contributed by atoms with E-state index in [0.29, 0.717) is 13.1 Å². The number of sulfonamides is 1. The van der Waals surface area contributed by atoms with Crippen molar-refractivity contribution in [3.63, 3.8) is 0 Å². The van der Waals surface area contributed by atoms with E-state index in [0.717, 1.165) is 10.8 Å². The number of nitrogens with zero attached hydrogens (tertiary/aromatic N) is 1. The number of hydrogen-bond acceptors (Lipinski definition) is 4. The van der Waals surface area contributed by atoms with Gasteiger partial charge in [0.2, 0.25) is 15.9 Å². The summed E-state index contributed by atoms with van der Waals surface area (Å²) < 4.78 is 27.4. The third kappa shape index (κ3) is 5.27.